The summed E-state index contributed by atoms with van der Waals surface area (Å²) in [7, 11) is 0. The van der Waals surface area contributed by atoms with E-state index in [4.69, 9.17) is 0 Å². The molecule has 31 heavy (non-hydrogen) atoms. The normalized spacial score (nSPS) is 19.7. The Kier molecular flexibility index (Phi) is 4.44. The van der Waals surface area contributed by atoms with Crippen LogP contribution >= 0.6 is 0 Å². The van der Waals surface area contributed by atoms with Crippen molar-refractivity contribution < 1.29 is 4.79 Å². The lowest BCUT2D eigenvalue weighted by atomic mass is 9.99. The largest absolute Gasteiger partial charge is 0.342 e. The molecule has 6 rings (SSSR count). The Hall–Kier alpha value is -3.28. The molecule has 1 saturated carbocycles. The van der Waals surface area contributed by atoms with Crippen molar-refractivity contribution in [3.05, 3.63) is 59.9 Å². The first-order valence-corrected chi connectivity index (χ1v) is 11.1. The molecule has 0 unspecified atom stereocenters. The van der Waals surface area contributed by atoms with Gasteiger partial charge in [0.2, 0.25) is 5.91 Å². The Morgan fingerprint density at radius 2 is 1.81 bits per heavy atom. The summed E-state index contributed by atoms with van der Waals surface area (Å²) in [5.41, 5.74) is 5.97. The smallest absolute Gasteiger partial charge is 0.225 e. The number of rotatable bonds is 5. The zero-order valence-electron chi connectivity index (χ0n) is 17.4. The molecule has 3 aromatic rings. The van der Waals surface area contributed by atoms with E-state index in [1.54, 1.807) is 0 Å². The molecule has 0 N–H and O–H groups in total. The number of hydrogen-bond acceptors (Lipinski definition) is 4. The second-order valence-corrected chi connectivity index (χ2v) is 8.98. The van der Waals surface area contributed by atoms with E-state index in [-0.39, 0.29) is 0 Å². The average molecular weight is 412 g/mol. The third kappa shape index (κ3) is 3.56. The molecule has 0 spiro atoms. The number of hydrogen-bond donors (Lipinski definition) is 0. The molecule has 2 fully saturated rings. The van der Waals surface area contributed by atoms with Gasteiger partial charge in [0.15, 0.2) is 5.82 Å². The Bertz CT molecular complexity index is 1160. The Labute approximate surface area is 181 Å². The molecule has 2 aliphatic heterocycles. The average Bonchev–Trinajstić information content (AvgIpc) is 3.17. The van der Waals surface area contributed by atoms with Gasteiger partial charge >= 0.3 is 0 Å². The maximum atomic E-state index is 12.3. The van der Waals surface area contributed by atoms with Crippen LogP contribution in [0.4, 0.5) is 0 Å². The SMILES string of the molecule is O=C(C1CC1)N1CC[C@@H](Cn2cnnc2-c2ccc(-c3ccc4c(c3)CN=C4)cc2)C1. The first-order valence-electron chi connectivity index (χ1n) is 11.1. The third-order valence-corrected chi connectivity index (χ3v) is 6.71. The molecule has 1 atom stereocenters. The van der Waals surface area contributed by atoms with Gasteiger partial charge in [-0.1, -0.05) is 36.4 Å². The molecule has 3 heterocycles. The van der Waals surface area contributed by atoms with Gasteiger partial charge in [0.05, 0.1) is 6.54 Å². The first-order chi connectivity index (χ1) is 15.2. The number of carbonyl (C=O) groups excluding carboxylic acids is 1. The number of fused-ring (bicyclic) bond motifs is 1. The summed E-state index contributed by atoms with van der Waals surface area (Å²) >= 11 is 0. The zero-order chi connectivity index (χ0) is 20.8. The number of aliphatic imine (C=N–C) groups is 1. The maximum absolute atomic E-state index is 12.3. The third-order valence-electron chi connectivity index (χ3n) is 6.71. The highest BCUT2D eigenvalue weighted by molar-refractivity contribution is 5.86. The van der Waals surface area contributed by atoms with E-state index in [0.717, 1.165) is 56.8 Å². The molecule has 2 aromatic carbocycles. The fourth-order valence-electron chi connectivity index (χ4n) is 4.76. The van der Waals surface area contributed by atoms with Gasteiger partial charge in [0.25, 0.3) is 0 Å². The monoisotopic (exact) mass is 411 g/mol. The molecule has 6 heteroatoms. The Morgan fingerprint density at radius 3 is 2.65 bits per heavy atom. The molecule has 1 saturated heterocycles. The van der Waals surface area contributed by atoms with E-state index >= 15 is 0 Å². The van der Waals surface area contributed by atoms with Crippen LogP contribution in [0.1, 0.15) is 30.4 Å². The number of aromatic nitrogens is 3. The molecule has 0 radical (unpaired) electrons. The summed E-state index contributed by atoms with van der Waals surface area (Å²) < 4.78 is 2.14. The van der Waals surface area contributed by atoms with E-state index in [2.05, 4.69) is 67.1 Å². The quantitative estimate of drug-likeness (QED) is 0.641. The molecular weight excluding hydrogens is 386 g/mol. The Balaban J connectivity index is 1.17. The minimum atomic E-state index is 0.306. The van der Waals surface area contributed by atoms with Crippen LogP contribution in [0.3, 0.4) is 0 Å². The second kappa shape index (κ2) is 7.45. The molecule has 1 aliphatic carbocycles. The van der Waals surface area contributed by atoms with Crippen LogP contribution in [0, 0.1) is 11.8 Å². The van der Waals surface area contributed by atoms with Crippen molar-refractivity contribution in [3.8, 4) is 22.5 Å². The van der Waals surface area contributed by atoms with Gasteiger partial charge in [0.1, 0.15) is 6.33 Å². The lowest BCUT2D eigenvalue weighted by Gasteiger charge is -2.17. The molecule has 3 aliphatic rings. The molecular formula is C25H25N5O. The summed E-state index contributed by atoms with van der Waals surface area (Å²) in [6.07, 6.45) is 6.96. The van der Waals surface area contributed by atoms with Crippen LogP contribution < -0.4 is 0 Å². The zero-order valence-corrected chi connectivity index (χ0v) is 17.4. The van der Waals surface area contributed by atoms with E-state index < -0.39 is 0 Å². The van der Waals surface area contributed by atoms with Crippen LogP contribution in [-0.4, -0.2) is 44.9 Å². The van der Waals surface area contributed by atoms with Crippen molar-refractivity contribution in [2.45, 2.75) is 32.4 Å². The van der Waals surface area contributed by atoms with Crippen molar-refractivity contribution in [2.24, 2.45) is 16.8 Å². The highest BCUT2D eigenvalue weighted by Crippen LogP contribution is 2.33. The van der Waals surface area contributed by atoms with Gasteiger partial charge in [-0.25, -0.2) is 0 Å². The van der Waals surface area contributed by atoms with Gasteiger partial charge in [-0.2, -0.15) is 0 Å². The fourth-order valence-corrected chi connectivity index (χ4v) is 4.76. The first kappa shape index (κ1) is 18.5. The predicted molar refractivity (Wildman–Crippen MR) is 120 cm³/mol. The topological polar surface area (TPSA) is 63.4 Å². The summed E-state index contributed by atoms with van der Waals surface area (Å²) in [5.74, 6) is 2.02. The highest BCUT2D eigenvalue weighted by Gasteiger charge is 2.36. The van der Waals surface area contributed by atoms with Gasteiger partial charge < -0.3 is 9.47 Å². The van der Waals surface area contributed by atoms with E-state index in [1.165, 1.54) is 22.3 Å². The van der Waals surface area contributed by atoms with Crippen LogP contribution in [-0.2, 0) is 17.9 Å². The predicted octanol–water partition coefficient (Wildman–Crippen LogP) is 3.80. The lowest BCUT2D eigenvalue weighted by molar-refractivity contribution is -0.131. The second-order valence-electron chi connectivity index (χ2n) is 8.98. The number of benzene rings is 2. The van der Waals surface area contributed by atoms with Gasteiger partial charge in [-0.05, 0) is 53.5 Å². The van der Waals surface area contributed by atoms with Crippen LogP contribution in [0.25, 0.3) is 22.5 Å². The molecule has 0 bridgehead atoms. The van der Waals surface area contributed by atoms with Crippen LogP contribution in [0.2, 0.25) is 0 Å². The van der Waals surface area contributed by atoms with Crippen LogP contribution in [0.5, 0.6) is 0 Å². The number of carbonyl (C=O) groups is 1. The van der Waals surface area contributed by atoms with Gasteiger partial charge in [-0.3, -0.25) is 9.79 Å². The number of likely N-dealkylation sites (tertiary alicyclic amines) is 1. The fraction of sp³-hybridized carbons (Fsp3) is 0.360. The minimum Gasteiger partial charge on any atom is -0.342 e. The number of amides is 1. The van der Waals surface area contributed by atoms with E-state index in [0.29, 0.717) is 17.7 Å². The molecule has 156 valence electrons. The van der Waals surface area contributed by atoms with Crippen molar-refractivity contribution in [3.63, 3.8) is 0 Å². The van der Waals surface area contributed by atoms with Gasteiger partial charge in [-0.15, -0.1) is 10.2 Å². The summed E-state index contributed by atoms with van der Waals surface area (Å²) in [6, 6.07) is 15.1. The minimum absolute atomic E-state index is 0.306. The molecule has 6 nitrogen and oxygen atoms in total. The lowest BCUT2D eigenvalue weighted by Crippen LogP contribution is -2.30. The Morgan fingerprint density at radius 1 is 1.00 bits per heavy atom. The van der Waals surface area contributed by atoms with E-state index in [9.17, 15) is 4.79 Å². The summed E-state index contributed by atoms with van der Waals surface area (Å²) in [5, 5.41) is 8.56. The standard InChI is InChI=1S/C25H25N5O/c31-25(20-5-6-20)29-10-9-17(14-29)15-30-16-27-28-24(30)19-3-1-18(2-4-19)21-7-8-22-12-26-13-23(22)11-21/h1-4,7-8,11-12,16-17,20H,5-6,9-10,13-15H2/t17-/m1/s1. The summed E-state index contributed by atoms with van der Waals surface area (Å²) in [4.78, 5) is 18.7. The summed E-state index contributed by atoms with van der Waals surface area (Å²) in [6.45, 7) is 3.37. The highest BCUT2D eigenvalue weighted by atomic mass is 16.2. The van der Waals surface area contributed by atoms with Crippen molar-refractivity contribution >= 4 is 12.1 Å². The van der Waals surface area contributed by atoms with Crippen molar-refractivity contribution in [1.29, 1.82) is 0 Å². The molecule has 1 amide bonds. The number of nitrogens with zero attached hydrogens (tertiary/aromatic N) is 5. The van der Waals surface area contributed by atoms with Gasteiger partial charge in [0, 0.05) is 37.3 Å². The van der Waals surface area contributed by atoms with Crippen LogP contribution in [0.15, 0.2) is 53.8 Å². The molecule has 1 aromatic heterocycles. The van der Waals surface area contributed by atoms with Crippen molar-refractivity contribution in [1.82, 2.24) is 19.7 Å². The van der Waals surface area contributed by atoms with Crippen molar-refractivity contribution in [2.75, 3.05) is 13.1 Å². The van der Waals surface area contributed by atoms with E-state index in [1.807, 2.05) is 12.5 Å². The maximum Gasteiger partial charge on any atom is 0.225 e.